The number of hydrogen-bond donors (Lipinski definition) is 2. The quantitative estimate of drug-likeness (QED) is 0.766. The molecule has 0 spiro atoms. The van der Waals surface area contributed by atoms with E-state index in [9.17, 15) is 9.59 Å². The van der Waals surface area contributed by atoms with Crippen LogP contribution in [-0.2, 0) is 16.1 Å². The van der Waals surface area contributed by atoms with Crippen LogP contribution in [0.25, 0.3) is 0 Å². The van der Waals surface area contributed by atoms with Gasteiger partial charge in [0.15, 0.2) is 0 Å². The molecule has 126 valence electrons. The second-order valence-electron chi connectivity index (χ2n) is 4.97. The highest BCUT2D eigenvalue weighted by atomic mass is 16.5. The van der Waals surface area contributed by atoms with E-state index in [-0.39, 0.29) is 31.6 Å². The van der Waals surface area contributed by atoms with Crippen molar-refractivity contribution in [2.24, 2.45) is 0 Å². The summed E-state index contributed by atoms with van der Waals surface area (Å²) in [6.07, 6.45) is 0.0946. The fraction of sp³-hybridized carbons (Fsp3) is 0.222. The fourth-order valence-electron chi connectivity index (χ4n) is 2.03. The molecule has 2 aromatic rings. The van der Waals surface area contributed by atoms with Gasteiger partial charge in [0, 0.05) is 17.8 Å². The van der Waals surface area contributed by atoms with Crippen LogP contribution in [0, 0.1) is 0 Å². The summed E-state index contributed by atoms with van der Waals surface area (Å²) in [5.74, 6) is 0.284. The molecule has 0 fully saturated rings. The minimum atomic E-state index is -0.388. The number of urea groups is 1. The molecule has 0 heterocycles. The summed E-state index contributed by atoms with van der Waals surface area (Å²) in [7, 11) is 1.57. The number of amides is 2. The zero-order chi connectivity index (χ0) is 17.2. The van der Waals surface area contributed by atoms with Crippen molar-refractivity contribution in [2.75, 3.05) is 19.0 Å². The highest BCUT2D eigenvalue weighted by Crippen LogP contribution is 2.18. The second kappa shape index (κ2) is 9.19. The van der Waals surface area contributed by atoms with E-state index in [1.54, 1.807) is 25.3 Å². The molecule has 2 rings (SSSR count). The van der Waals surface area contributed by atoms with Gasteiger partial charge < -0.3 is 20.1 Å². The zero-order valence-corrected chi connectivity index (χ0v) is 13.5. The zero-order valence-electron chi connectivity index (χ0n) is 13.5. The molecule has 2 aromatic carbocycles. The predicted molar refractivity (Wildman–Crippen MR) is 90.9 cm³/mol. The summed E-state index contributed by atoms with van der Waals surface area (Å²) >= 11 is 0. The first-order valence-electron chi connectivity index (χ1n) is 7.56. The Morgan fingerprint density at radius 2 is 1.71 bits per heavy atom. The van der Waals surface area contributed by atoms with Crippen LogP contribution < -0.4 is 15.4 Å². The van der Waals surface area contributed by atoms with Gasteiger partial charge in [0.1, 0.15) is 12.4 Å². The second-order valence-corrected chi connectivity index (χ2v) is 4.97. The van der Waals surface area contributed by atoms with Crippen molar-refractivity contribution in [3.05, 3.63) is 60.2 Å². The van der Waals surface area contributed by atoms with Crippen LogP contribution in [0.5, 0.6) is 5.75 Å². The largest absolute Gasteiger partial charge is 0.496 e. The molecule has 0 aliphatic rings. The smallest absolute Gasteiger partial charge is 0.319 e. The maximum atomic E-state index is 11.7. The summed E-state index contributed by atoms with van der Waals surface area (Å²) in [5.41, 5.74) is 1.48. The molecule has 0 bridgehead atoms. The highest BCUT2D eigenvalue weighted by Gasteiger charge is 2.08. The van der Waals surface area contributed by atoms with Gasteiger partial charge in [-0.05, 0) is 18.2 Å². The van der Waals surface area contributed by atoms with Gasteiger partial charge in [-0.3, -0.25) is 4.79 Å². The molecule has 0 aliphatic carbocycles. The summed E-state index contributed by atoms with van der Waals surface area (Å²) < 4.78 is 10.4. The molecule has 24 heavy (non-hydrogen) atoms. The van der Waals surface area contributed by atoms with Crippen molar-refractivity contribution in [3.63, 3.8) is 0 Å². The number of nitrogens with one attached hydrogen (secondary N) is 2. The Kier molecular flexibility index (Phi) is 6.64. The molecule has 0 saturated carbocycles. The Labute approximate surface area is 140 Å². The molecule has 6 nitrogen and oxygen atoms in total. The summed E-state index contributed by atoms with van der Waals surface area (Å²) in [6, 6.07) is 16.0. The maximum Gasteiger partial charge on any atom is 0.319 e. The number of para-hydroxylation sites is 2. The topological polar surface area (TPSA) is 76.7 Å². The molecule has 0 unspecified atom stereocenters. The Morgan fingerprint density at radius 3 is 2.46 bits per heavy atom. The number of esters is 1. The van der Waals surface area contributed by atoms with Crippen molar-refractivity contribution in [1.82, 2.24) is 5.32 Å². The van der Waals surface area contributed by atoms with Gasteiger partial charge in [-0.2, -0.15) is 0 Å². The molecule has 0 atom stereocenters. The monoisotopic (exact) mass is 328 g/mol. The van der Waals surface area contributed by atoms with Gasteiger partial charge in [-0.25, -0.2) is 4.79 Å². The van der Waals surface area contributed by atoms with Crippen molar-refractivity contribution in [3.8, 4) is 5.75 Å². The van der Waals surface area contributed by atoms with E-state index < -0.39 is 0 Å². The Morgan fingerprint density at radius 1 is 1.00 bits per heavy atom. The third-order valence-corrected chi connectivity index (χ3v) is 3.23. The number of hydrogen-bond acceptors (Lipinski definition) is 4. The van der Waals surface area contributed by atoms with Gasteiger partial charge in [-0.15, -0.1) is 0 Å². The van der Waals surface area contributed by atoms with Crippen LogP contribution in [-0.4, -0.2) is 25.7 Å². The van der Waals surface area contributed by atoms with Gasteiger partial charge in [0.25, 0.3) is 0 Å². The number of ether oxygens (including phenoxy) is 2. The Bertz CT molecular complexity index is 674. The number of rotatable bonds is 7. The minimum absolute atomic E-state index is 0.0946. The molecular formula is C18H20N2O4. The fourth-order valence-corrected chi connectivity index (χ4v) is 2.03. The van der Waals surface area contributed by atoms with E-state index in [1.807, 2.05) is 36.4 Å². The van der Waals surface area contributed by atoms with Gasteiger partial charge in [0.05, 0.1) is 13.5 Å². The Balaban J connectivity index is 1.67. The Hall–Kier alpha value is -3.02. The van der Waals surface area contributed by atoms with Crippen LogP contribution in [0.3, 0.4) is 0 Å². The lowest BCUT2D eigenvalue weighted by Gasteiger charge is -2.10. The molecule has 0 aliphatic heterocycles. The van der Waals surface area contributed by atoms with E-state index in [4.69, 9.17) is 9.47 Å². The van der Waals surface area contributed by atoms with E-state index in [2.05, 4.69) is 10.6 Å². The van der Waals surface area contributed by atoms with Crippen molar-refractivity contribution in [1.29, 1.82) is 0 Å². The summed E-state index contributed by atoms with van der Waals surface area (Å²) in [4.78, 5) is 23.4. The van der Waals surface area contributed by atoms with E-state index in [1.165, 1.54) is 0 Å². The minimum Gasteiger partial charge on any atom is -0.496 e. The first kappa shape index (κ1) is 17.3. The van der Waals surface area contributed by atoms with Gasteiger partial charge in [0.2, 0.25) is 0 Å². The SMILES string of the molecule is COc1ccccc1COC(=O)CCNC(=O)Nc1ccccc1. The molecule has 2 N–H and O–H groups in total. The summed E-state index contributed by atoms with van der Waals surface area (Å²) in [5, 5.41) is 5.28. The van der Waals surface area contributed by atoms with Crippen LogP contribution in [0.4, 0.5) is 10.5 Å². The van der Waals surface area contributed by atoms with E-state index in [0.717, 1.165) is 5.56 Å². The van der Waals surface area contributed by atoms with Crippen molar-refractivity contribution >= 4 is 17.7 Å². The number of methoxy groups -OCH3 is 1. The van der Waals surface area contributed by atoms with E-state index >= 15 is 0 Å². The number of anilines is 1. The van der Waals surface area contributed by atoms with Crippen LogP contribution >= 0.6 is 0 Å². The number of carbonyl (C=O) groups is 2. The molecule has 0 radical (unpaired) electrons. The number of benzene rings is 2. The molecule has 0 saturated heterocycles. The first-order valence-corrected chi connectivity index (χ1v) is 7.56. The lowest BCUT2D eigenvalue weighted by atomic mass is 10.2. The third-order valence-electron chi connectivity index (χ3n) is 3.23. The standard InChI is InChI=1S/C18H20N2O4/c1-23-16-10-6-5-7-14(16)13-24-17(21)11-12-19-18(22)20-15-8-3-2-4-9-15/h2-10H,11-13H2,1H3,(H2,19,20,22). The predicted octanol–water partition coefficient (Wildman–Crippen LogP) is 2.95. The van der Waals surface area contributed by atoms with Gasteiger partial charge in [-0.1, -0.05) is 36.4 Å². The molecule has 2 amide bonds. The maximum absolute atomic E-state index is 11.7. The van der Waals surface area contributed by atoms with Crippen LogP contribution in [0.2, 0.25) is 0 Å². The molecular weight excluding hydrogens is 308 g/mol. The average Bonchev–Trinajstić information content (AvgIpc) is 2.61. The normalized spacial score (nSPS) is 9.88. The lowest BCUT2D eigenvalue weighted by Crippen LogP contribution is -2.30. The van der Waals surface area contributed by atoms with Crippen molar-refractivity contribution in [2.45, 2.75) is 13.0 Å². The summed E-state index contributed by atoms with van der Waals surface area (Å²) in [6.45, 7) is 0.336. The first-order chi connectivity index (χ1) is 11.7. The average molecular weight is 328 g/mol. The van der Waals surface area contributed by atoms with E-state index in [0.29, 0.717) is 11.4 Å². The highest BCUT2D eigenvalue weighted by molar-refractivity contribution is 5.89. The third kappa shape index (κ3) is 5.64. The van der Waals surface area contributed by atoms with Crippen LogP contribution in [0.1, 0.15) is 12.0 Å². The lowest BCUT2D eigenvalue weighted by molar-refractivity contribution is -0.144. The molecule has 0 aromatic heterocycles. The number of carbonyl (C=O) groups excluding carboxylic acids is 2. The van der Waals surface area contributed by atoms with Crippen molar-refractivity contribution < 1.29 is 19.1 Å². The van der Waals surface area contributed by atoms with Crippen LogP contribution in [0.15, 0.2) is 54.6 Å². The molecule has 6 heteroatoms. The van der Waals surface area contributed by atoms with Gasteiger partial charge >= 0.3 is 12.0 Å².